The fraction of sp³-hybridized carbons (Fsp3) is 0.0625. The van der Waals surface area contributed by atoms with Crippen LogP contribution < -0.4 is 24.4 Å². The first-order valence-corrected chi connectivity index (χ1v) is 13.3. The van der Waals surface area contributed by atoms with E-state index in [0.717, 1.165) is 0 Å². The molecule has 1 aliphatic heterocycles. The van der Waals surface area contributed by atoms with Gasteiger partial charge in [-0.05, 0) is 54.1 Å². The third kappa shape index (κ3) is 5.32. The summed E-state index contributed by atoms with van der Waals surface area (Å²) in [4.78, 5) is 29.1. The van der Waals surface area contributed by atoms with Gasteiger partial charge in [0.05, 0.1) is 30.0 Å². The average molecular weight is 593 g/mol. The van der Waals surface area contributed by atoms with E-state index in [1.54, 1.807) is 66.7 Å². The number of H-pyrrole nitrogens is 1. The van der Waals surface area contributed by atoms with Crippen molar-refractivity contribution < 1.29 is 28.5 Å². The molecule has 1 aliphatic rings. The van der Waals surface area contributed by atoms with Crippen LogP contribution in [-0.2, 0) is 0 Å². The summed E-state index contributed by atoms with van der Waals surface area (Å²) in [5.74, 6) is 0.366. The van der Waals surface area contributed by atoms with Gasteiger partial charge in [0.25, 0.3) is 5.91 Å². The highest BCUT2D eigenvalue weighted by Crippen LogP contribution is 2.38. The second-order valence-corrected chi connectivity index (χ2v) is 9.67. The van der Waals surface area contributed by atoms with Crippen LogP contribution in [0, 0.1) is 11.3 Å². The summed E-state index contributed by atoms with van der Waals surface area (Å²) in [6.07, 6.45) is 1.42. The molecule has 11 heteroatoms. The van der Waals surface area contributed by atoms with Crippen molar-refractivity contribution in [3.63, 3.8) is 0 Å². The minimum absolute atomic E-state index is 0.0948. The molecule has 5 aromatic rings. The molecule has 10 nitrogen and oxygen atoms in total. The van der Waals surface area contributed by atoms with Crippen LogP contribution in [0.4, 0.5) is 0 Å². The molecule has 4 aromatic carbocycles. The van der Waals surface area contributed by atoms with Crippen molar-refractivity contribution in [3.05, 3.63) is 106 Å². The Bertz CT molecular complexity index is 1980. The van der Waals surface area contributed by atoms with E-state index < -0.39 is 11.9 Å². The Morgan fingerprint density at radius 2 is 1.86 bits per heavy atom. The van der Waals surface area contributed by atoms with Crippen LogP contribution in [0.25, 0.3) is 22.0 Å². The third-order valence-corrected chi connectivity index (χ3v) is 7.03. The monoisotopic (exact) mass is 592 g/mol. The van der Waals surface area contributed by atoms with Crippen molar-refractivity contribution in [1.82, 2.24) is 10.4 Å². The number of ether oxygens (including phenoxy) is 4. The lowest BCUT2D eigenvalue weighted by atomic mass is 10.0. The number of methoxy groups -OCH3 is 1. The van der Waals surface area contributed by atoms with E-state index in [-0.39, 0.29) is 29.5 Å². The first-order chi connectivity index (χ1) is 21.0. The highest BCUT2D eigenvalue weighted by molar-refractivity contribution is 6.34. The van der Waals surface area contributed by atoms with Crippen LogP contribution in [0.1, 0.15) is 32.0 Å². The molecule has 6 rings (SSSR count). The smallest absolute Gasteiger partial charge is 0.343 e. The topological polar surface area (TPSA) is 135 Å². The number of hydrogen-bond acceptors (Lipinski definition) is 8. The van der Waals surface area contributed by atoms with Crippen LogP contribution >= 0.6 is 11.6 Å². The Morgan fingerprint density at radius 1 is 1.02 bits per heavy atom. The zero-order valence-corrected chi connectivity index (χ0v) is 23.3. The number of carbonyl (C=O) groups is 2. The van der Waals surface area contributed by atoms with E-state index >= 15 is 0 Å². The summed E-state index contributed by atoms with van der Waals surface area (Å²) >= 11 is 6.49. The van der Waals surface area contributed by atoms with E-state index in [1.165, 1.54) is 13.3 Å². The Labute approximate surface area is 250 Å². The number of esters is 1. The molecule has 0 aliphatic carbocycles. The van der Waals surface area contributed by atoms with E-state index in [9.17, 15) is 14.9 Å². The number of halogens is 1. The second kappa shape index (κ2) is 11.6. The highest BCUT2D eigenvalue weighted by atomic mass is 35.5. The maximum atomic E-state index is 13.3. The van der Waals surface area contributed by atoms with Gasteiger partial charge in [-0.3, -0.25) is 4.79 Å². The Balaban J connectivity index is 1.22. The normalized spacial score (nSPS) is 11.8. The molecule has 0 fully saturated rings. The molecule has 43 heavy (non-hydrogen) atoms. The third-order valence-electron chi connectivity index (χ3n) is 6.70. The molecular formula is C32H21ClN4O6. The zero-order chi connectivity index (χ0) is 29.9. The maximum Gasteiger partial charge on any atom is 0.343 e. The van der Waals surface area contributed by atoms with Gasteiger partial charge >= 0.3 is 5.97 Å². The molecule has 1 amide bonds. The number of carbonyl (C=O) groups excluding carboxylic acids is 2. The van der Waals surface area contributed by atoms with Gasteiger partial charge in [0, 0.05) is 21.5 Å². The zero-order valence-electron chi connectivity index (χ0n) is 22.5. The minimum atomic E-state index is -0.600. The number of para-hydroxylation sites is 1. The number of rotatable bonds is 7. The molecule has 2 N–H and O–H groups in total. The molecule has 2 heterocycles. The molecule has 0 atom stereocenters. The van der Waals surface area contributed by atoms with Gasteiger partial charge in [0.15, 0.2) is 23.0 Å². The van der Waals surface area contributed by atoms with Crippen molar-refractivity contribution >= 4 is 40.6 Å². The summed E-state index contributed by atoms with van der Waals surface area (Å²) in [5.41, 5.74) is 5.68. The van der Waals surface area contributed by atoms with Crippen molar-refractivity contribution in [2.75, 3.05) is 13.9 Å². The highest BCUT2D eigenvalue weighted by Gasteiger charge is 2.22. The molecule has 212 valence electrons. The van der Waals surface area contributed by atoms with Crippen LogP contribution in [0.15, 0.2) is 84.0 Å². The van der Waals surface area contributed by atoms with Gasteiger partial charge in [-0.2, -0.15) is 10.4 Å². The van der Waals surface area contributed by atoms with Gasteiger partial charge in [0.1, 0.15) is 11.8 Å². The van der Waals surface area contributed by atoms with Crippen LogP contribution in [-0.4, -0.2) is 37.0 Å². The van der Waals surface area contributed by atoms with Gasteiger partial charge in [0.2, 0.25) is 6.79 Å². The summed E-state index contributed by atoms with van der Waals surface area (Å²) in [5, 5.41) is 14.8. The second-order valence-electron chi connectivity index (χ2n) is 9.26. The first kappa shape index (κ1) is 27.4. The molecule has 1 aromatic heterocycles. The van der Waals surface area contributed by atoms with Gasteiger partial charge < -0.3 is 23.9 Å². The fourth-order valence-electron chi connectivity index (χ4n) is 4.68. The predicted molar refractivity (Wildman–Crippen MR) is 159 cm³/mol. The minimum Gasteiger partial charge on any atom is -0.493 e. The Morgan fingerprint density at radius 3 is 2.67 bits per heavy atom. The summed E-state index contributed by atoms with van der Waals surface area (Å²) in [7, 11) is 1.44. The summed E-state index contributed by atoms with van der Waals surface area (Å²) < 4.78 is 21.5. The van der Waals surface area contributed by atoms with Crippen LogP contribution in [0.2, 0.25) is 5.02 Å². The van der Waals surface area contributed by atoms with Crippen molar-refractivity contribution in [2.45, 2.75) is 0 Å². The van der Waals surface area contributed by atoms with Crippen LogP contribution in [0.5, 0.6) is 23.0 Å². The lowest BCUT2D eigenvalue weighted by Gasteiger charge is -2.10. The van der Waals surface area contributed by atoms with Crippen molar-refractivity contribution in [2.24, 2.45) is 5.10 Å². The molecule has 0 saturated heterocycles. The number of aromatic amines is 1. The molecule has 0 spiro atoms. The van der Waals surface area contributed by atoms with E-state index in [1.807, 2.05) is 12.1 Å². The van der Waals surface area contributed by atoms with E-state index in [0.29, 0.717) is 49.7 Å². The number of hydrazone groups is 1. The summed E-state index contributed by atoms with van der Waals surface area (Å²) in [6, 6.07) is 24.1. The number of fused-ring (bicyclic) bond motifs is 2. The van der Waals surface area contributed by atoms with Crippen molar-refractivity contribution in [3.8, 4) is 40.2 Å². The molecular weight excluding hydrogens is 572 g/mol. The quantitative estimate of drug-likeness (QED) is 0.101. The lowest BCUT2D eigenvalue weighted by Crippen LogP contribution is -2.19. The number of nitrogens with one attached hydrogen (secondary N) is 2. The molecule has 0 saturated carbocycles. The maximum absolute atomic E-state index is 13.3. The SMILES string of the molecule is COc1cc(C=NNC(=O)c2[nH]c3c(C#N)cccc3c2-c2ccccc2Cl)ccc1OC(=O)c1ccc2c(c1)OCO2. The Kier molecular flexibility index (Phi) is 7.39. The van der Waals surface area contributed by atoms with Gasteiger partial charge in [-0.15, -0.1) is 0 Å². The lowest BCUT2D eigenvalue weighted by molar-refractivity contribution is 0.0729. The molecule has 0 radical (unpaired) electrons. The number of nitriles is 1. The van der Waals surface area contributed by atoms with Crippen LogP contribution in [0.3, 0.4) is 0 Å². The predicted octanol–water partition coefficient (Wildman–Crippen LogP) is 6.08. The van der Waals surface area contributed by atoms with Gasteiger partial charge in [-0.1, -0.05) is 41.9 Å². The van der Waals surface area contributed by atoms with Gasteiger partial charge in [-0.25, -0.2) is 10.2 Å². The summed E-state index contributed by atoms with van der Waals surface area (Å²) in [6.45, 7) is 0.0948. The number of aromatic nitrogens is 1. The number of nitrogens with zero attached hydrogens (tertiary/aromatic N) is 2. The van der Waals surface area contributed by atoms with Crippen molar-refractivity contribution in [1.29, 1.82) is 5.26 Å². The van der Waals surface area contributed by atoms with E-state index in [4.69, 9.17) is 30.5 Å². The Hall–Kier alpha value is -5.79. The number of benzene rings is 4. The largest absolute Gasteiger partial charge is 0.493 e. The molecule has 0 unspecified atom stereocenters. The number of amides is 1. The molecule has 0 bridgehead atoms. The average Bonchev–Trinajstić information content (AvgIpc) is 3.66. The number of hydrogen-bond donors (Lipinski definition) is 2. The fourth-order valence-corrected chi connectivity index (χ4v) is 4.91. The first-order valence-electron chi connectivity index (χ1n) is 12.9. The van der Waals surface area contributed by atoms with E-state index in [2.05, 4.69) is 21.6 Å². The standard InChI is InChI=1S/C32H21ClN4O6/c1-40-26-13-18(9-11-25(26)43-32(39)19-10-12-24-27(14-19)42-17-41-24)16-35-37-31(38)30-28(21-6-2-3-8-23(21)33)22-7-4-5-20(15-34)29(22)36-30/h2-14,16,36H,17H2,1H3,(H,37,38).